The van der Waals surface area contributed by atoms with Crippen molar-refractivity contribution < 1.29 is 19.1 Å². The van der Waals surface area contributed by atoms with Gasteiger partial charge in [-0.1, -0.05) is 30.3 Å². The Morgan fingerprint density at radius 2 is 1.79 bits per heavy atom. The van der Waals surface area contributed by atoms with E-state index in [0.717, 1.165) is 21.5 Å². The molecule has 0 amide bonds. The van der Waals surface area contributed by atoms with E-state index in [1.807, 2.05) is 30.3 Å². The summed E-state index contributed by atoms with van der Waals surface area (Å²) in [6, 6.07) is 8.02. The van der Waals surface area contributed by atoms with Crippen molar-refractivity contribution in [1.82, 2.24) is 9.55 Å². The fourth-order valence-electron chi connectivity index (χ4n) is 2.98. The van der Waals surface area contributed by atoms with Crippen LogP contribution >= 0.6 is 11.3 Å². The molecule has 0 unspecified atom stereocenters. The van der Waals surface area contributed by atoms with Crippen molar-refractivity contribution in [3.05, 3.63) is 63.0 Å². The van der Waals surface area contributed by atoms with Crippen LogP contribution in [0.1, 0.15) is 40.7 Å². The van der Waals surface area contributed by atoms with Gasteiger partial charge in [0.2, 0.25) is 0 Å². The number of hydrogen-bond donors (Lipinski definition) is 0. The van der Waals surface area contributed by atoms with Crippen molar-refractivity contribution in [2.75, 3.05) is 0 Å². The number of Topliss-reactive ketones (excluding diaryl/α,β-unsaturated/α-hetero) is 2. The summed E-state index contributed by atoms with van der Waals surface area (Å²) >= 11 is 1.05. The first-order valence-electron chi connectivity index (χ1n) is 8.53. The second-order valence-electron chi connectivity index (χ2n) is 6.38. The normalized spacial score (nSPS) is 11.0. The molecule has 0 spiro atoms. The zero-order chi connectivity index (χ0) is 20.4. The average Bonchev–Trinajstić information content (AvgIpc) is 2.99. The van der Waals surface area contributed by atoms with Gasteiger partial charge in [0.25, 0.3) is 5.56 Å². The van der Waals surface area contributed by atoms with Crippen LogP contribution in [-0.2, 0) is 20.9 Å². The van der Waals surface area contributed by atoms with Gasteiger partial charge in [0.1, 0.15) is 22.6 Å². The Morgan fingerprint density at radius 1 is 1.14 bits per heavy atom. The monoisotopic (exact) mass is 398 g/mol. The molecular weight excluding hydrogens is 380 g/mol. The van der Waals surface area contributed by atoms with Gasteiger partial charge in [-0.05, 0) is 31.9 Å². The Hall–Kier alpha value is -3.13. The van der Waals surface area contributed by atoms with Gasteiger partial charge in [-0.25, -0.2) is 9.78 Å². The van der Waals surface area contributed by atoms with Crippen molar-refractivity contribution in [1.29, 1.82) is 0 Å². The number of fused-ring (bicyclic) bond motifs is 1. The number of ether oxygens (including phenoxy) is 1. The molecule has 0 fully saturated rings. The molecule has 28 heavy (non-hydrogen) atoms. The summed E-state index contributed by atoms with van der Waals surface area (Å²) in [6.45, 7) is 4.23. The molecule has 0 atom stereocenters. The highest BCUT2D eigenvalue weighted by atomic mass is 32.1. The lowest BCUT2D eigenvalue weighted by Gasteiger charge is -2.13. The predicted octanol–water partition coefficient (Wildman–Crippen LogP) is 2.84. The first-order valence-corrected chi connectivity index (χ1v) is 9.35. The van der Waals surface area contributed by atoms with Crippen LogP contribution in [0.5, 0.6) is 0 Å². The molecule has 3 aromatic rings. The van der Waals surface area contributed by atoms with Crippen molar-refractivity contribution in [3.8, 4) is 0 Å². The zero-order valence-corrected chi connectivity index (χ0v) is 16.4. The fraction of sp³-hybridized carbons (Fsp3) is 0.250. The first kappa shape index (κ1) is 19.6. The number of aromatic nitrogens is 2. The fourth-order valence-corrected chi connectivity index (χ4v) is 4.02. The van der Waals surface area contributed by atoms with Gasteiger partial charge in [-0.15, -0.1) is 11.3 Å². The van der Waals surface area contributed by atoms with Crippen LogP contribution in [-0.4, -0.2) is 27.1 Å². The maximum Gasteiger partial charge on any atom is 0.349 e. The zero-order valence-electron chi connectivity index (χ0n) is 15.6. The van der Waals surface area contributed by atoms with Gasteiger partial charge in [0, 0.05) is 0 Å². The number of benzene rings is 1. The van der Waals surface area contributed by atoms with E-state index in [4.69, 9.17) is 4.74 Å². The summed E-state index contributed by atoms with van der Waals surface area (Å²) in [5, 5.41) is 0.215. The standard InChI is InChI=1S/C20H18N2O5S/c1-11-15-18(21-10-22(19(15)25)16(12(2)23)13(3)24)28-17(11)20(26)27-9-14-7-5-4-6-8-14/h4-8,10,16H,9H2,1-3H3. The number of aryl methyl sites for hydroxylation is 1. The van der Waals surface area contributed by atoms with Crippen LogP contribution in [0.15, 0.2) is 41.5 Å². The van der Waals surface area contributed by atoms with Crippen molar-refractivity contribution >= 4 is 39.1 Å². The summed E-state index contributed by atoms with van der Waals surface area (Å²) < 4.78 is 6.36. The lowest BCUT2D eigenvalue weighted by Crippen LogP contribution is -2.33. The highest BCUT2D eigenvalue weighted by Gasteiger charge is 2.26. The van der Waals surface area contributed by atoms with Gasteiger partial charge in [0.05, 0.1) is 5.39 Å². The van der Waals surface area contributed by atoms with E-state index in [0.29, 0.717) is 10.4 Å². The smallest absolute Gasteiger partial charge is 0.349 e. The molecule has 8 heteroatoms. The predicted molar refractivity (Wildman–Crippen MR) is 105 cm³/mol. The largest absolute Gasteiger partial charge is 0.457 e. The molecule has 0 radical (unpaired) electrons. The molecular formula is C20H18N2O5S. The summed E-state index contributed by atoms with van der Waals surface area (Å²) in [4.78, 5) is 53.8. The molecule has 0 saturated heterocycles. The topological polar surface area (TPSA) is 95.3 Å². The molecule has 0 saturated carbocycles. The van der Waals surface area contributed by atoms with E-state index in [-0.39, 0.29) is 16.9 Å². The van der Waals surface area contributed by atoms with E-state index < -0.39 is 29.1 Å². The second kappa shape index (κ2) is 7.85. The first-order chi connectivity index (χ1) is 13.3. The van der Waals surface area contributed by atoms with Crippen LogP contribution < -0.4 is 5.56 Å². The number of nitrogens with zero attached hydrogens (tertiary/aromatic N) is 2. The summed E-state index contributed by atoms with van der Waals surface area (Å²) in [7, 11) is 0. The highest BCUT2D eigenvalue weighted by molar-refractivity contribution is 7.20. The summed E-state index contributed by atoms with van der Waals surface area (Å²) in [5.74, 6) is -1.46. The Kier molecular flexibility index (Phi) is 5.51. The van der Waals surface area contributed by atoms with E-state index in [1.54, 1.807) is 6.92 Å². The van der Waals surface area contributed by atoms with Crippen molar-refractivity contribution in [3.63, 3.8) is 0 Å². The van der Waals surface area contributed by atoms with E-state index in [1.165, 1.54) is 20.2 Å². The number of hydrogen-bond acceptors (Lipinski definition) is 7. The van der Waals surface area contributed by atoms with Gasteiger partial charge in [0.15, 0.2) is 17.6 Å². The lowest BCUT2D eigenvalue weighted by atomic mass is 10.1. The van der Waals surface area contributed by atoms with Crippen molar-refractivity contribution in [2.24, 2.45) is 0 Å². The van der Waals surface area contributed by atoms with Crippen LogP contribution in [0.4, 0.5) is 0 Å². The Bertz CT molecular complexity index is 1120. The third kappa shape index (κ3) is 3.63. The minimum Gasteiger partial charge on any atom is -0.457 e. The van der Waals surface area contributed by atoms with E-state index in [2.05, 4.69) is 4.98 Å². The van der Waals surface area contributed by atoms with E-state index >= 15 is 0 Å². The molecule has 2 aromatic heterocycles. The van der Waals surface area contributed by atoms with Crippen LogP contribution in [0.2, 0.25) is 0 Å². The number of rotatable bonds is 6. The SMILES string of the molecule is CC(=O)C(C(C)=O)n1cnc2sc(C(=O)OCc3ccccc3)c(C)c2c1=O. The highest BCUT2D eigenvalue weighted by Crippen LogP contribution is 2.28. The van der Waals surface area contributed by atoms with Gasteiger partial charge in [-0.2, -0.15) is 0 Å². The molecule has 0 bridgehead atoms. The molecule has 0 aliphatic heterocycles. The molecule has 0 aliphatic carbocycles. The average molecular weight is 398 g/mol. The lowest BCUT2D eigenvalue weighted by molar-refractivity contribution is -0.129. The molecule has 0 N–H and O–H groups in total. The third-order valence-electron chi connectivity index (χ3n) is 4.32. The van der Waals surface area contributed by atoms with Crippen LogP contribution in [0.3, 0.4) is 0 Å². The number of carbonyl (C=O) groups is 3. The van der Waals surface area contributed by atoms with Crippen LogP contribution in [0, 0.1) is 6.92 Å². The molecule has 2 heterocycles. The molecule has 1 aromatic carbocycles. The molecule has 0 aliphatic rings. The Morgan fingerprint density at radius 3 is 2.39 bits per heavy atom. The molecule has 3 rings (SSSR count). The minimum absolute atomic E-state index is 0.113. The van der Waals surface area contributed by atoms with E-state index in [9.17, 15) is 19.2 Å². The quantitative estimate of drug-likeness (QED) is 0.468. The molecule has 7 nitrogen and oxygen atoms in total. The van der Waals surface area contributed by atoms with Gasteiger partial charge < -0.3 is 4.74 Å². The Labute approximate surface area is 164 Å². The van der Waals surface area contributed by atoms with Crippen LogP contribution in [0.25, 0.3) is 10.2 Å². The van der Waals surface area contributed by atoms with Gasteiger partial charge >= 0.3 is 5.97 Å². The minimum atomic E-state index is -1.22. The maximum atomic E-state index is 12.9. The summed E-state index contributed by atoms with van der Waals surface area (Å²) in [5.41, 5.74) is 0.743. The molecule has 144 valence electrons. The Balaban J connectivity index is 1.98. The maximum absolute atomic E-state index is 12.9. The number of esters is 1. The summed E-state index contributed by atoms with van der Waals surface area (Å²) in [6.07, 6.45) is 1.17. The third-order valence-corrected chi connectivity index (χ3v) is 5.50. The number of ketones is 2. The van der Waals surface area contributed by atoms with Gasteiger partial charge in [-0.3, -0.25) is 19.0 Å². The number of thiophene rings is 1. The number of carbonyl (C=O) groups excluding carboxylic acids is 3. The second-order valence-corrected chi connectivity index (χ2v) is 7.38. The van der Waals surface area contributed by atoms with Crippen molar-refractivity contribution in [2.45, 2.75) is 33.4 Å².